The number of benzene rings is 1. The van der Waals surface area contributed by atoms with E-state index in [4.69, 9.17) is 5.11 Å². The van der Waals surface area contributed by atoms with E-state index in [2.05, 4.69) is 5.32 Å². The molecule has 1 rings (SSSR count). The Labute approximate surface area is 107 Å². The molecular formula is C14H19NO3. The van der Waals surface area contributed by atoms with Crippen LogP contribution in [0.15, 0.2) is 24.3 Å². The Morgan fingerprint density at radius 2 is 1.83 bits per heavy atom. The second-order valence-electron chi connectivity index (χ2n) is 4.30. The molecular weight excluding hydrogens is 230 g/mol. The fraction of sp³-hybridized carbons (Fsp3) is 0.429. The zero-order chi connectivity index (χ0) is 13.4. The third kappa shape index (κ3) is 5.48. The van der Waals surface area contributed by atoms with E-state index in [9.17, 15) is 9.59 Å². The third-order valence-electron chi connectivity index (χ3n) is 2.78. The van der Waals surface area contributed by atoms with Gasteiger partial charge in [0.25, 0.3) is 0 Å². The Kier molecular flexibility index (Phi) is 5.91. The van der Waals surface area contributed by atoms with Crippen molar-refractivity contribution in [2.75, 3.05) is 0 Å². The second kappa shape index (κ2) is 7.48. The molecule has 0 aliphatic heterocycles. The van der Waals surface area contributed by atoms with E-state index >= 15 is 0 Å². The van der Waals surface area contributed by atoms with Crippen LogP contribution in [0.5, 0.6) is 0 Å². The maximum absolute atomic E-state index is 11.5. The van der Waals surface area contributed by atoms with Crippen molar-refractivity contribution in [1.29, 1.82) is 0 Å². The number of carbonyl (C=O) groups excluding carboxylic acids is 1. The highest BCUT2D eigenvalue weighted by molar-refractivity contribution is 5.76. The largest absolute Gasteiger partial charge is 0.481 e. The van der Waals surface area contributed by atoms with Crippen molar-refractivity contribution in [2.45, 2.75) is 39.2 Å². The van der Waals surface area contributed by atoms with Crippen molar-refractivity contribution >= 4 is 11.9 Å². The van der Waals surface area contributed by atoms with E-state index in [0.29, 0.717) is 25.8 Å². The van der Waals surface area contributed by atoms with Crippen molar-refractivity contribution in [1.82, 2.24) is 5.32 Å². The number of aliphatic carboxylic acids is 1. The monoisotopic (exact) mass is 249 g/mol. The normalized spacial score (nSPS) is 10.1. The molecule has 18 heavy (non-hydrogen) atoms. The van der Waals surface area contributed by atoms with Gasteiger partial charge in [0, 0.05) is 19.4 Å². The van der Waals surface area contributed by atoms with Gasteiger partial charge in [-0.05, 0) is 30.9 Å². The van der Waals surface area contributed by atoms with E-state index < -0.39 is 5.97 Å². The second-order valence-corrected chi connectivity index (χ2v) is 4.30. The fourth-order valence-corrected chi connectivity index (χ4v) is 1.65. The predicted molar refractivity (Wildman–Crippen MR) is 69.1 cm³/mol. The van der Waals surface area contributed by atoms with Gasteiger partial charge in [-0.2, -0.15) is 0 Å². The number of carboxylic acids is 1. The molecule has 1 amide bonds. The van der Waals surface area contributed by atoms with Crippen LogP contribution in [-0.4, -0.2) is 17.0 Å². The van der Waals surface area contributed by atoms with E-state index in [1.54, 1.807) is 0 Å². The Morgan fingerprint density at radius 1 is 1.17 bits per heavy atom. The van der Waals surface area contributed by atoms with Crippen LogP contribution in [0.2, 0.25) is 0 Å². The van der Waals surface area contributed by atoms with Gasteiger partial charge in [-0.25, -0.2) is 0 Å². The first kappa shape index (κ1) is 14.2. The molecule has 0 saturated heterocycles. The van der Waals surface area contributed by atoms with Crippen LogP contribution in [0.1, 0.15) is 36.8 Å². The van der Waals surface area contributed by atoms with E-state index in [1.165, 1.54) is 0 Å². The molecule has 0 bridgehead atoms. The van der Waals surface area contributed by atoms with E-state index in [-0.39, 0.29) is 12.3 Å². The van der Waals surface area contributed by atoms with Crippen molar-refractivity contribution in [3.8, 4) is 0 Å². The fourth-order valence-electron chi connectivity index (χ4n) is 1.65. The summed E-state index contributed by atoms with van der Waals surface area (Å²) in [6.07, 6.45) is 1.68. The number of carboxylic acid groups (broad SMARTS) is 1. The van der Waals surface area contributed by atoms with Gasteiger partial charge in [0.1, 0.15) is 0 Å². The summed E-state index contributed by atoms with van der Waals surface area (Å²) < 4.78 is 0. The number of unbranched alkanes of at least 4 members (excludes halogenated alkanes) is 1. The molecule has 0 aliphatic rings. The summed E-state index contributed by atoms with van der Waals surface area (Å²) in [7, 11) is 0. The van der Waals surface area contributed by atoms with Gasteiger partial charge >= 0.3 is 5.97 Å². The molecule has 0 radical (unpaired) electrons. The molecule has 98 valence electrons. The number of aryl methyl sites for hydroxylation is 1. The lowest BCUT2D eigenvalue weighted by Gasteiger charge is -2.07. The molecule has 0 atom stereocenters. The minimum absolute atomic E-state index is 0.0244. The van der Waals surface area contributed by atoms with Crippen LogP contribution in [0.25, 0.3) is 0 Å². The topological polar surface area (TPSA) is 66.4 Å². The zero-order valence-corrected chi connectivity index (χ0v) is 10.6. The van der Waals surface area contributed by atoms with Crippen LogP contribution in [-0.2, 0) is 16.1 Å². The van der Waals surface area contributed by atoms with Crippen LogP contribution in [0.4, 0.5) is 0 Å². The molecule has 0 spiro atoms. The maximum atomic E-state index is 11.5. The van der Waals surface area contributed by atoms with E-state index in [1.807, 2.05) is 31.2 Å². The van der Waals surface area contributed by atoms with Gasteiger partial charge in [0.2, 0.25) is 5.91 Å². The Balaban J connectivity index is 2.21. The molecule has 0 unspecified atom stereocenters. The molecule has 4 heteroatoms. The number of nitrogens with one attached hydrogen (secondary N) is 1. The number of amides is 1. The molecule has 0 saturated carbocycles. The summed E-state index contributed by atoms with van der Waals surface area (Å²) in [5, 5.41) is 11.3. The average molecular weight is 249 g/mol. The first-order valence-corrected chi connectivity index (χ1v) is 6.12. The minimum Gasteiger partial charge on any atom is -0.481 e. The number of hydrogen-bond acceptors (Lipinski definition) is 2. The smallest absolute Gasteiger partial charge is 0.303 e. The van der Waals surface area contributed by atoms with Gasteiger partial charge in [-0.3, -0.25) is 9.59 Å². The van der Waals surface area contributed by atoms with Crippen molar-refractivity contribution in [3.05, 3.63) is 35.4 Å². The Morgan fingerprint density at radius 3 is 2.50 bits per heavy atom. The van der Waals surface area contributed by atoms with Crippen LogP contribution in [0.3, 0.4) is 0 Å². The molecule has 1 aromatic carbocycles. The molecule has 4 nitrogen and oxygen atoms in total. The third-order valence-corrected chi connectivity index (χ3v) is 2.78. The Hall–Kier alpha value is -1.84. The molecule has 0 heterocycles. The predicted octanol–water partition coefficient (Wildman–Crippen LogP) is 2.26. The SMILES string of the molecule is Cc1ccccc1CNC(=O)CCCCC(=O)O. The first-order valence-electron chi connectivity index (χ1n) is 6.12. The highest BCUT2D eigenvalue weighted by Crippen LogP contribution is 2.06. The lowest BCUT2D eigenvalue weighted by Crippen LogP contribution is -2.22. The highest BCUT2D eigenvalue weighted by Gasteiger charge is 2.03. The van der Waals surface area contributed by atoms with Gasteiger partial charge in [0.05, 0.1) is 0 Å². The van der Waals surface area contributed by atoms with Crippen molar-refractivity contribution in [3.63, 3.8) is 0 Å². The van der Waals surface area contributed by atoms with Crippen LogP contribution in [0, 0.1) is 6.92 Å². The van der Waals surface area contributed by atoms with Crippen LogP contribution < -0.4 is 5.32 Å². The molecule has 2 N–H and O–H groups in total. The Bertz CT molecular complexity index is 415. The van der Waals surface area contributed by atoms with Crippen molar-refractivity contribution < 1.29 is 14.7 Å². The lowest BCUT2D eigenvalue weighted by atomic mass is 10.1. The van der Waals surface area contributed by atoms with Gasteiger partial charge in [-0.1, -0.05) is 24.3 Å². The molecule has 0 fully saturated rings. The summed E-state index contributed by atoms with van der Waals surface area (Å²) in [6, 6.07) is 7.91. The summed E-state index contributed by atoms with van der Waals surface area (Å²) in [5.74, 6) is -0.834. The number of carbonyl (C=O) groups is 2. The van der Waals surface area contributed by atoms with Crippen molar-refractivity contribution in [2.24, 2.45) is 0 Å². The van der Waals surface area contributed by atoms with Gasteiger partial charge in [0.15, 0.2) is 0 Å². The zero-order valence-electron chi connectivity index (χ0n) is 10.6. The maximum Gasteiger partial charge on any atom is 0.303 e. The minimum atomic E-state index is -0.810. The summed E-state index contributed by atoms with van der Waals surface area (Å²) in [6.45, 7) is 2.54. The molecule has 0 aliphatic carbocycles. The summed E-state index contributed by atoms with van der Waals surface area (Å²) >= 11 is 0. The number of hydrogen-bond donors (Lipinski definition) is 2. The standard InChI is InChI=1S/C14H19NO3/c1-11-6-2-3-7-12(11)10-15-13(16)8-4-5-9-14(17)18/h2-3,6-7H,4-5,8-10H2,1H3,(H,15,16)(H,17,18). The molecule has 1 aromatic rings. The van der Waals surface area contributed by atoms with Crippen LogP contribution >= 0.6 is 0 Å². The summed E-state index contributed by atoms with van der Waals surface area (Å²) in [5.41, 5.74) is 2.26. The lowest BCUT2D eigenvalue weighted by molar-refractivity contribution is -0.137. The van der Waals surface area contributed by atoms with E-state index in [0.717, 1.165) is 11.1 Å². The summed E-state index contributed by atoms with van der Waals surface area (Å²) in [4.78, 5) is 21.8. The highest BCUT2D eigenvalue weighted by atomic mass is 16.4. The van der Waals surface area contributed by atoms with Gasteiger partial charge < -0.3 is 10.4 Å². The average Bonchev–Trinajstić information content (AvgIpc) is 2.33. The quantitative estimate of drug-likeness (QED) is 0.728. The van der Waals surface area contributed by atoms with Gasteiger partial charge in [-0.15, -0.1) is 0 Å². The first-order chi connectivity index (χ1) is 8.59. The molecule has 0 aromatic heterocycles. The number of rotatable bonds is 7.